The third-order valence-electron chi connectivity index (χ3n) is 2.86. The van der Waals surface area contributed by atoms with Crippen LogP contribution in [0.5, 0.6) is 0 Å². The number of amides is 1. The van der Waals surface area contributed by atoms with Crippen LogP contribution in [0.4, 0.5) is 0 Å². The summed E-state index contributed by atoms with van der Waals surface area (Å²) in [5.41, 5.74) is 0. The average molecular weight is 198 g/mol. The maximum atomic E-state index is 11.6. The quantitative estimate of drug-likeness (QED) is 0.568. The van der Waals surface area contributed by atoms with E-state index in [2.05, 4.69) is 10.1 Å². The zero-order valence-electron chi connectivity index (χ0n) is 8.16. The minimum absolute atomic E-state index is 0.100. The summed E-state index contributed by atoms with van der Waals surface area (Å²) < 4.78 is 4.59. The van der Waals surface area contributed by atoms with Gasteiger partial charge in [-0.05, 0) is 0 Å². The molecule has 0 aromatic carbocycles. The van der Waals surface area contributed by atoms with Crippen molar-refractivity contribution in [3.63, 3.8) is 0 Å². The molecule has 14 heavy (non-hydrogen) atoms. The second kappa shape index (κ2) is 3.57. The van der Waals surface area contributed by atoms with Gasteiger partial charge in [-0.2, -0.15) is 0 Å². The minimum Gasteiger partial charge on any atom is -0.469 e. The Morgan fingerprint density at radius 3 is 2.36 bits per heavy atom. The number of hydrogen-bond donors (Lipinski definition) is 1. The van der Waals surface area contributed by atoms with Crippen molar-refractivity contribution >= 4 is 11.9 Å². The topological polar surface area (TPSA) is 58.6 Å². The lowest BCUT2D eigenvalue weighted by atomic mass is 9.95. The van der Waals surface area contributed by atoms with Crippen LogP contribution in [-0.4, -0.2) is 50.1 Å². The molecule has 0 saturated carbocycles. The van der Waals surface area contributed by atoms with Crippen molar-refractivity contribution in [1.82, 2.24) is 10.2 Å². The second-order valence-corrected chi connectivity index (χ2v) is 3.82. The number of carbonyl (C=O) groups is 2. The number of likely N-dealkylation sites (tertiary alicyclic amines) is 1. The molecule has 2 aliphatic heterocycles. The molecule has 0 bridgehead atoms. The van der Waals surface area contributed by atoms with E-state index in [0.29, 0.717) is 13.1 Å². The van der Waals surface area contributed by atoms with Gasteiger partial charge in [0.05, 0.1) is 18.9 Å². The molecule has 0 spiro atoms. The van der Waals surface area contributed by atoms with E-state index in [1.165, 1.54) is 7.11 Å². The van der Waals surface area contributed by atoms with Crippen LogP contribution in [0, 0.1) is 11.8 Å². The van der Waals surface area contributed by atoms with Gasteiger partial charge in [-0.1, -0.05) is 0 Å². The summed E-state index contributed by atoms with van der Waals surface area (Å²) in [4.78, 5) is 24.4. The highest BCUT2D eigenvalue weighted by atomic mass is 16.5. The van der Waals surface area contributed by atoms with E-state index in [1.807, 2.05) is 0 Å². The van der Waals surface area contributed by atoms with Crippen molar-refractivity contribution < 1.29 is 14.3 Å². The summed E-state index contributed by atoms with van der Waals surface area (Å²) >= 11 is 0. The lowest BCUT2D eigenvalue weighted by molar-refractivity contribution is -0.157. The first-order valence-electron chi connectivity index (χ1n) is 4.79. The SMILES string of the molecule is COC(=O)C1CN(C(=O)C2CNC2)C1. The molecule has 2 aliphatic rings. The van der Waals surface area contributed by atoms with Crippen molar-refractivity contribution in [3.8, 4) is 0 Å². The second-order valence-electron chi connectivity index (χ2n) is 3.82. The maximum absolute atomic E-state index is 11.6. The Bertz CT molecular complexity index is 257. The Kier molecular flexibility index (Phi) is 2.41. The molecule has 2 fully saturated rings. The first kappa shape index (κ1) is 9.45. The molecule has 5 heteroatoms. The molecule has 0 atom stereocenters. The van der Waals surface area contributed by atoms with Gasteiger partial charge in [0, 0.05) is 26.2 Å². The van der Waals surface area contributed by atoms with E-state index < -0.39 is 0 Å². The molecule has 0 aromatic heterocycles. The standard InChI is InChI=1S/C9H14N2O3/c1-14-9(13)7-4-11(5-7)8(12)6-2-10-3-6/h6-7,10H,2-5H2,1H3. The number of carbonyl (C=O) groups excluding carboxylic acids is 2. The molecule has 2 saturated heterocycles. The number of nitrogens with one attached hydrogen (secondary N) is 1. The number of hydrogen-bond acceptors (Lipinski definition) is 4. The van der Waals surface area contributed by atoms with Gasteiger partial charge < -0.3 is 15.0 Å². The van der Waals surface area contributed by atoms with Crippen LogP contribution < -0.4 is 5.32 Å². The zero-order valence-corrected chi connectivity index (χ0v) is 8.16. The molecule has 5 nitrogen and oxygen atoms in total. The maximum Gasteiger partial charge on any atom is 0.312 e. The van der Waals surface area contributed by atoms with E-state index >= 15 is 0 Å². The molecule has 2 heterocycles. The number of esters is 1. The van der Waals surface area contributed by atoms with Gasteiger partial charge in [-0.3, -0.25) is 9.59 Å². The number of nitrogens with zero attached hydrogens (tertiary/aromatic N) is 1. The zero-order chi connectivity index (χ0) is 10.1. The van der Waals surface area contributed by atoms with Crippen LogP contribution in [0.3, 0.4) is 0 Å². The Hall–Kier alpha value is -1.10. The van der Waals surface area contributed by atoms with Crippen molar-refractivity contribution in [3.05, 3.63) is 0 Å². The van der Waals surface area contributed by atoms with Gasteiger partial charge in [0.1, 0.15) is 0 Å². The Balaban J connectivity index is 1.76. The normalized spacial score (nSPS) is 22.5. The summed E-state index contributed by atoms with van der Waals surface area (Å²) in [5, 5.41) is 3.05. The Morgan fingerprint density at radius 2 is 1.93 bits per heavy atom. The van der Waals surface area contributed by atoms with Crippen molar-refractivity contribution in [2.24, 2.45) is 11.8 Å². The largest absolute Gasteiger partial charge is 0.469 e. The third kappa shape index (κ3) is 1.48. The monoisotopic (exact) mass is 198 g/mol. The first-order chi connectivity index (χ1) is 6.72. The molecule has 2 rings (SSSR count). The van der Waals surface area contributed by atoms with Gasteiger partial charge in [-0.15, -0.1) is 0 Å². The summed E-state index contributed by atoms with van der Waals surface area (Å²) in [6.45, 7) is 2.61. The Morgan fingerprint density at radius 1 is 1.29 bits per heavy atom. The van der Waals surface area contributed by atoms with Crippen molar-refractivity contribution in [1.29, 1.82) is 0 Å². The first-order valence-corrected chi connectivity index (χ1v) is 4.79. The highest BCUT2D eigenvalue weighted by molar-refractivity contribution is 5.84. The molecular weight excluding hydrogens is 184 g/mol. The molecule has 0 radical (unpaired) electrons. The fraction of sp³-hybridized carbons (Fsp3) is 0.778. The fourth-order valence-electron chi connectivity index (χ4n) is 1.70. The van der Waals surface area contributed by atoms with Gasteiger partial charge in [0.25, 0.3) is 0 Å². The molecule has 1 amide bonds. The Labute approximate surface area is 82.4 Å². The molecule has 78 valence electrons. The van der Waals surface area contributed by atoms with E-state index in [9.17, 15) is 9.59 Å². The van der Waals surface area contributed by atoms with Crippen LogP contribution in [0.2, 0.25) is 0 Å². The summed E-state index contributed by atoms with van der Waals surface area (Å²) in [7, 11) is 1.38. The molecular formula is C9H14N2O3. The van der Waals surface area contributed by atoms with Crippen molar-refractivity contribution in [2.45, 2.75) is 0 Å². The van der Waals surface area contributed by atoms with Crippen LogP contribution >= 0.6 is 0 Å². The van der Waals surface area contributed by atoms with Crippen LogP contribution in [0.15, 0.2) is 0 Å². The van der Waals surface area contributed by atoms with E-state index in [1.54, 1.807) is 4.90 Å². The summed E-state index contributed by atoms with van der Waals surface area (Å²) in [6.07, 6.45) is 0. The average Bonchev–Trinajstić information content (AvgIpc) is 1.97. The predicted molar refractivity (Wildman–Crippen MR) is 48.4 cm³/mol. The highest BCUT2D eigenvalue weighted by Crippen LogP contribution is 2.20. The molecule has 0 aliphatic carbocycles. The molecule has 1 N–H and O–H groups in total. The highest BCUT2D eigenvalue weighted by Gasteiger charge is 2.40. The van der Waals surface area contributed by atoms with Crippen LogP contribution in [-0.2, 0) is 14.3 Å². The minimum atomic E-state index is -0.208. The third-order valence-corrected chi connectivity index (χ3v) is 2.86. The number of methoxy groups -OCH3 is 1. The van der Waals surface area contributed by atoms with Crippen LogP contribution in [0.25, 0.3) is 0 Å². The van der Waals surface area contributed by atoms with Gasteiger partial charge >= 0.3 is 5.97 Å². The summed E-state index contributed by atoms with van der Waals surface area (Å²) in [5.74, 6) is -0.00438. The predicted octanol–water partition coefficient (Wildman–Crippen LogP) is -1.16. The van der Waals surface area contributed by atoms with Gasteiger partial charge in [0.2, 0.25) is 5.91 Å². The van der Waals surface area contributed by atoms with E-state index in [4.69, 9.17) is 0 Å². The number of rotatable bonds is 2. The fourth-order valence-corrected chi connectivity index (χ4v) is 1.70. The van der Waals surface area contributed by atoms with Crippen molar-refractivity contribution in [2.75, 3.05) is 33.3 Å². The molecule has 0 unspecified atom stereocenters. The smallest absolute Gasteiger partial charge is 0.312 e. The number of ether oxygens (including phenoxy) is 1. The lowest BCUT2D eigenvalue weighted by Gasteiger charge is -2.41. The van der Waals surface area contributed by atoms with E-state index in [0.717, 1.165) is 13.1 Å². The lowest BCUT2D eigenvalue weighted by Crippen LogP contribution is -2.59. The van der Waals surface area contributed by atoms with Gasteiger partial charge in [-0.25, -0.2) is 0 Å². The van der Waals surface area contributed by atoms with E-state index in [-0.39, 0.29) is 23.7 Å². The summed E-state index contributed by atoms with van der Waals surface area (Å²) in [6, 6.07) is 0. The molecule has 0 aromatic rings. The van der Waals surface area contributed by atoms with Crippen LogP contribution in [0.1, 0.15) is 0 Å². The van der Waals surface area contributed by atoms with Gasteiger partial charge in [0.15, 0.2) is 0 Å².